The van der Waals surface area contributed by atoms with Gasteiger partial charge in [-0.2, -0.15) is 0 Å². The van der Waals surface area contributed by atoms with Crippen LogP contribution >= 0.6 is 0 Å². The van der Waals surface area contributed by atoms with Gasteiger partial charge >= 0.3 is 0 Å². The summed E-state index contributed by atoms with van der Waals surface area (Å²) >= 11 is 0. The third kappa shape index (κ3) is 2.72. The van der Waals surface area contributed by atoms with Crippen molar-refractivity contribution in [3.05, 3.63) is 25.3 Å². The lowest BCUT2D eigenvalue weighted by Gasteiger charge is -2.48. The van der Waals surface area contributed by atoms with Crippen molar-refractivity contribution in [1.29, 1.82) is 0 Å². The van der Waals surface area contributed by atoms with E-state index in [1.165, 1.54) is 6.42 Å². The highest BCUT2D eigenvalue weighted by Crippen LogP contribution is 2.53. The second-order valence-corrected chi connectivity index (χ2v) is 6.04. The summed E-state index contributed by atoms with van der Waals surface area (Å²) in [6.45, 7) is 8.93. The molecule has 0 radical (unpaired) electrons. The third-order valence-electron chi connectivity index (χ3n) is 4.93. The summed E-state index contributed by atoms with van der Waals surface area (Å²) in [5.74, 6) is -0.613. The molecule has 1 N–H and O–H groups in total. The van der Waals surface area contributed by atoms with Crippen molar-refractivity contribution in [2.45, 2.75) is 63.3 Å². The van der Waals surface area contributed by atoms with Gasteiger partial charge in [-0.05, 0) is 32.1 Å². The first-order valence-electron chi connectivity index (χ1n) is 7.88. The lowest BCUT2D eigenvalue weighted by molar-refractivity contribution is -0.268. The van der Waals surface area contributed by atoms with E-state index in [4.69, 9.17) is 9.47 Å². The molecule has 1 aliphatic carbocycles. The van der Waals surface area contributed by atoms with E-state index < -0.39 is 11.9 Å². The van der Waals surface area contributed by atoms with Crippen LogP contribution in [0.5, 0.6) is 0 Å². The first-order chi connectivity index (χ1) is 9.71. The monoisotopic (exact) mass is 280 g/mol. The highest BCUT2D eigenvalue weighted by Gasteiger charge is 2.58. The van der Waals surface area contributed by atoms with E-state index in [0.717, 1.165) is 38.5 Å². The molecule has 1 heterocycles. The summed E-state index contributed by atoms with van der Waals surface area (Å²) < 4.78 is 12.2. The van der Waals surface area contributed by atoms with Crippen LogP contribution in [0.3, 0.4) is 0 Å². The number of aliphatic hydroxyl groups is 1. The van der Waals surface area contributed by atoms with Gasteiger partial charge in [0.25, 0.3) is 0 Å². The molecule has 20 heavy (non-hydrogen) atoms. The predicted octanol–water partition coefficient (Wildman–Crippen LogP) is 3.58. The summed E-state index contributed by atoms with van der Waals surface area (Å²) in [5, 5.41) is 10.9. The molecule has 2 atom stereocenters. The van der Waals surface area contributed by atoms with Crippen LogP contribution in [0.1, 0.15) is 51.4 Å². The first-order valence-corrected chi connectivity index (χ1v) is 7.88. The minimum absolute atomic E-state index is 0.356. The molecular formula is C17H28O3. The fourth-order valence-corrected chi connectivity index (χ4v) is 3.92. The quantitative estimate of drug-likeness (QED) is 0.756. The van der Waals surface area contributed by atoms with Crippen molar-refractivity contribution in [1.82, 2.24) is 0 Å². The number of ether oxygens (including phenoxy) is 2. The summed E-state index contributed by atoms with van der Waals surface area (Å²) in [4.78, 5) is 0. The summed E-state index contributed by atoms with van der Waals surface area (Å²) in [6.07, 6.45) is 10.8. The van der Waals surface area contributed by atoms with Crippen LogP contribution in [0.15, 0.2) is 25.3 Å². The Morgan fingerprint density at radius 3 is 2.40 bits per heavy atom. The molecule has 3 nitrogen and oxygen atoms in total. The Hall–Kier alpha value is -0.640. The molecule has 1 saturated heterocycles. The van der Waals surface area contributed by atoms with E-state index in [0.29, 0.717) is 19.6 Å². The fourth-order valence-electron chi connectivity index (χ4n) is 3.92. The molecule has 0 aromatic carbocycles. The van der Waals surface area contributed by atoms with Gasteiger partial charge in [-0.25, -0.2) is 0 Å². The molecule has 0 unspecified atom stereocenters. The maximum Gasteiger partial charge on any atom is 0.176 e. The lowest BCUT2D eigenvalue weighted by Crippen LogP contribution is -2.55. The second kappa shape index (κ2) is 6.88. The average molecular weight is 280 g/mol. The average Bonchev–Trinajstić information content (AvgIpc) is 2.85. The number of allylic oxidation sites excluding steroid dienone is 2. The van der Waals surface area contributed by atoms with Crippen LogP contribution in [-0.2, 0) is 9.47 Å². The number of aliphatic hydroxyl groups excluding tert-OH is 1. The van der Waals surface area contributed by atoms with Crippen LogP contribution in [-0.4, -0.2) is 30.2 Å². The van der Waals surface area contributed by atoms with Crippen molar-refractivity contribution in [3.8, 4) is 0 Å². The Bertz CT molecular complexity index is 333. The molecule has 2 aliphatic rings. The summed E-state index contributed by atoms with van der Waals surface area (Å²) in [6, 6.07) is 0. The van der Waals surface area contributed by atoms with Gasteiger partial charge in [0, 0.05) is 6.42 Å². The Balaban J connectivity index is 2.32. The van der Waals surface area contributed by atoms with E-state index in [-0.39, 0.29) is 5.41 Å². The second-order valence-electron chi connectivity index (χ2n) is 6.04. The molecule has 1 spiro atoms. The molecule has 0 bridgehead atoms. The Kier molecular flexibility index (Phi) is 5.42. The summed E-state index contributed by atoms with van der Waals surface area (Å²) in [7, 11) is 0. The van der Waals surface area contributed by atoms with E-state index >= 15 is 0 Å². The first kappa shape index (κ1) is 15.7. The van der Waals surface area contributed by atoms with E-state index in [1.54, 1.807) is 0 Å². The number of hydrogen-bond donors (Lipinski definition) is 1. The Morgan fingerprint density at radius 1 is 1.05 bits per heavy atom. The minimum atomic E-state index is -0.613. The van der Waals surface area contributed by atoms with Gasteiger partial charge in [0.1, 0.15) is 0 Å². The highest BCUT2D eigenvalue weighted by molar-refractivity contribution is 5.05. The zero-order valence-corrected chi connectivity index (χ0v) is 12.5. The highest BCUT2D eigenvalue weighted by atomic mass is 16.7. The molecule has 0 amide bonds. The van der Waals surface area contributed by atoms with Gasteiger partial charge < -0.3 is 14.6 Å². The SMILES string of the molecule is C=CCC[C@@H](O)[C@]1(CC=C)CCCCCC12OCCO2. The minimum Gasteiger partial charge on any atom is -0.392 e. The number of rotatable bonds is 6. The normalized spacial score (nSPS) is 30.9. The molecule has 0 aromatic heterocycles. The maximum atomic E-state index is 10.9. The Labute approximate surface area is 122 Å². The van der Waals surface area contributed by atoms with Crippen LogP contribution in [0.25, 0.3) is 0 Å². The van der Waals surface area contributed by atoms with Gasteiger partial charge in [-0.3, -0.25) is 0 Å². The molecule has 1 saturated carbocycles. The maximum absolute atomic E-state index is 10.9. The van der Waals surface area contributed by atoms with Crippen LogP contribution in [0.2, 0.25) is 0 Å². The lowest BCUT2D eigenvalue weighted by atomic mass is 9.67. The summed E-state index contributed by atoms with van der Waals surface area (Å²) in [5.41, 5.74) is -0.356. The van der Waals surface area contributed by atoms with E-state index in [1.807, 2.05) is 12.2 Å². The van der Waals surface area contributed by atoms with Gasteiger partial charge in [-0.15, -0.1) is 13.2 Å². The predicted molar refractivity (Wildman–Crippen MR) is 80.4 cm³/mol. The third-order valence-corrected chi connectivity index (χ3v) is 4.93. The van der Waals surface area contributed by atoms with Crippen molar-refractivity contribution in [2.75, 3.05) is 13.2 Å². The fraction of sp³-hybridized carbons (Fsp3) is 0.765. The van der Waals surface area contributed by atoms with E-state index in [9.17, 15) is 5.11 Å². The van der Waals surface area contributed by atoms with Crippen molar-refractivity contribution < 1.29 is 14.6 Å². The molecule has 114 valence electrons. The standard InChI is InChI=1S/C17H28O3/c1-3-5-9-15(18)16(10-4-2)11-7-6-8-12-17(16)19-13-14-20-17/h3-4,15,18H,1-2,5-14H2/t15-,16+/m1/s1. The van der Waals surface area contributed by atoms with Crippen LogP contribution in [0, 0.1) is 5.41 Å². The smallest absolute Gasteiger partial charge is 0.176 e. The molecule has 1 aliphatic heterocycles. The largest absolute Gasteiger partial charge is 0.392 e. The van der Waals surface area contributed by atoms with Crippen LogP contribution < -0.4 is 0 Å². The van der Waals surface area contributed by atoms with Gasteiger partial charge in [0.05, 0.1) is 24.7 Å². The van der Waals surface area contributed by atoms with Gasteiger partial charge in [0.2, 0.25) is 0 Å². The Morgan fingerprint density at radius 2 is 1.75 bits per heavy atom. The van der Waals surface area contributed by atoms with Crippen molar-refractivity contribution in [3.63, 3.8) is 0 Å². The molecular weight excluding hydrogens is 252 g/mol. The zero-order valence-electron chi connectivity index (χ0n) is 12.5. The topological polar surface area (TPSA) is 38.7 Å². The van der Waals surface area contributed by atoms with Crippen molar-refractivity contribution >= 4 is 0 Å². The molecule has 3 heteroatoms. The molecule has 2 rings (SSSR count). The van der Waals surface area contributed by atoms with Gasteiger partial charge in [0.15, 0.2) is 5.79 Å². The van der Waals surface area contributed by atoms with Crippen molar-refractivity contribution in [2.24, 2.45) is 5.41 Å². The molecule has 2 fully saturated rings. The van der Waals surface area contributed by atoms with E-state index in [2.05, 4.69) is 13.2 Å². The van der Waals surface area contributed by atoms with Gasteiger partial charge in [-0.1, -0.05) is 25.0 Å². The number of hydrogen-bond acceptors (Lipinski definition) is 3. The molecule has 0 aromatic rings. The zero-order chi connectivity index (χ0) is 14.5. The van der Waals surface area contributed by atoms with Crippen LogP contribution in [0.4, 0.5) is 0 Å².